The Morgan fingerprint density at radius 1 is 0.202 bits per heavy atom. The average molecular weight is 1120 g/mol. The second-order valence-corrected chi connectivity index (χ2v) is 25.2. The molecular formula is C75H42N6S3. The molecule has 19 rings (SSSR count). The zero-order valence-corrected chi connectivity index (χ0v) is 47.1. The van der Waals surface area contributed by atoms with Crippen LogP contribution >= 0.6 is 34.0 Å². The van der Waals surface area contributed by atoms with E-state index in [0.717, 1.165) is 44.8 Å². The van der Waals surface area contributed by atoms with Gasteiger partial charge >= 0.3 is 0 Å². The van der Waals surface area contributed by atoms with Crippen molar-refractivity contribution in [2.75, 3.05) is 0 Å². The van der Waals surface area contributed by atoms with Gasteiger partial charge in [0.1, 0.15) is 0 Å². The Bertz CT molecular complexity index is 5740. The van der Waals surface area contributed by atoms with E-state index in [9.17, 15) is 0 Å². The summed E-state index contributed by atoms with van der Waals surface area (Å²) in [4.78, 5) is 16.1. The van der Waals surface area contributed by atoms with Crippen molar-refractivity contribution in [2.24, 2.45) is 0 Å². The van der Waals surface area contributed by atoms with E-state index >= 15 is 0 Å². The van der Waals surface area contributed by atoms with Gasteiger partial charge in [-0.15, -0.1) is 34.0 Å². The first-order valence-electron chi connectivity index (χ1n) is 28.2. The van der Waals surface area contributed by atoms with Crippen molar-refractivity contribution in [3.8, 4) is 51.2 Å². The van der Waals surface area contributed by atoms with Crippen LogP contribution in [0.2, 0.25) is 0 Å². The van der Waals surface area contributed by atoms with Gasteiger partial charge in [0.2, 0.25) is 0 Å². The first-order valence-corrected chi connectivity index (χ1v) is 30.7. The fourth-order valence-corrected chi connectivity index (χ4v) is 16.8. The van der Waals surface area contributed by atoms with E-state index in [1.165, 1.54) is 115 Å². The van der Waals surface area contributed by atoms with Crippen LogP contribution in [0.25, 0.3) is 177 Å². The molecule has 0 aliphatic heterocycles. The molecule has 0 bridgehead atoms. The van der Waals surface area contributed by atoms with Crippen LogP contribution < -0.4 is 0 Å². The van der Waals surface area contributed by atoms with Crippen LogP contribution in [0.5, 0.6) is 0 Å². The minimum atomic E-state index is 0.599. The Kier molecular flexibility index (Phi) is 9.71. The maximum Gasteiger partial charge on any atom is 0.164 e. The molecule has 84 heavy (non-hydrogen) atoms. The molecule has 0 saturated carbocycles. The number of hydrogen-bond donors (Lipinski definition) is 0. The summed E-state index contributed by atoms with van der Waals surface area (Å²) in [6, 6.07) is 93.0. The second kappa shape index (κ2) is 17.6. The van der Waals surface area contributed by atoms with Gasteiger partial charge in [0.25, 0.3) is 0 Å². The molecule has 0 aliphatic rings. The first-order chi connectivity index (χ1) is 41.6. The smallest absolute Gasteiger partial charge is 0.164 e. The van der Waals surface area contributed by atoms with Crippen LogP contribution in [0.3, 0.4) is 0 Å². The number of aromatic nitrogens is 6. The van der Waals surface area contributed by atoms with Crippen molar-refractivity contribution in [1.29, 1.82) is 0 Å². The third-order valence-electron chi connectivity index (χ3n) is 17.3. The highest BCUT2D eigenvalue weighted by molar-refractivity contribution is 7.26. The van der Waals surface area contributed by atoms with Crippen LogP contribution in [0, 0.1) is 0 Å². The number of hydrogen-bond acceptors (Lipinski definition) is 6. The number of para-hydroxylation sites is 3. The third-order valence-corrected chi connectivity index (χ3v) is 20.7. The van der Waals surface area contributed by atoms with Crippen LogP contribution in [0.4, 0.5) is 0 Å². The topological polar surface area (TPSA) is 53.5 Å². The predicted octanol–water partition coefficient (Wildman–Crippen LogP) is 21.3. The van der Waals surface area contributed by atoms with Crippen LogP contribution in [0.1, 0.15) is 0 Å². The van der Waals surface area contributed by atoms with Gasteiger partial charge in [-0.25, -0.2) is 15.0 Å². The number of benzene rings is 12. The van der Waals surface area contributed by atoms with Gasteiger partial charge in [-0.1, -0.05) is 121 Å². The number of thiophene rings is 3. The Hall–Kier alpha value is -10.3. The minimum absolute atomic E-state index is 0.599. The molecule has 0 amide bonds. The largest absolute Gasteiger partial charge is 0.309 e. The Morgan fingerprint density at radius 3 is 0.929 bits per heavy atom. The molecule has 0 aliphatic carbocycles. The third kappa shape index (κ3) is 6.79. The Morgan fingerprint density at radius 2 is 0.536 bits per heavy atom. The van der Waals surface area contributed by atoms with Crippen molar-refractivity contribution in [2.45, 2.75) is 0 Å². The average Bonchev–Trinajstić information content (AvgIpc) is 3.99. The van der Waals surface area contributed by atoms with E-state index in [4.69, 9.17) is 15.0 Å². The van der Waals surface area contributed by atoms with Gasteiger partial charge in [0.05, 0.1) is 33.1 Å². The molecule has 0 atom stereocenters. The second-order valence-electron chi connectivity index (χ2n) is 21.9. The van der Waals surface area contributed by atoms with E-state index in [0.29, 0.717) is 17.5 Å². The maximum absolute atomic E-state index is 5.39. The highest BCUT2D eigenvalue weighted by Crippen LogP contribution is 2.45. The molecule has 12 aromatic carbocycles. The lowest BCUT2D eigenvalue weighted by Crippen LogP contribution is -2.02. The molecule has 0 saturated heterocycles. The summed E-state index contributed by atoms with van der Waals surface area (Å²) in [6.45, 7) is 0. The van der Waals surface area contributed by atoms with Crippen molar-refractivity contribution < 1.29 is 0 Å². The monoisotopic (exact) mass is 1120 g/mol. The summed E-state index contributed by atoms with van der Waals surface area (Å²) in [7, 11) is 0. The first kappa shape index (κ1) is 46.3. The Balaban J connectivity index is 0.770. The molecule has 7 aromatic heterocycles. The fourth-order valence-electron chi connectivity index (χ4n) is 13.5. The summed E-state index contributed by atoms with van der Waals surface area (Å²) in [5.41, 5.74) is 12.9. The van der Waals surface area contributed by atoms with Crippen molar-refractivity contribution in [3.63, 3.8) is 0 Å². The standard InChI is InChI=1S/C75H42N6S3/c1-7-22-61-49(16-1)55-37-58-52-19-4-10-25-67(52)82-70(58)40-64(55)79(61)46-32-28-43(29-33-46)73-76-74(44-30-34-47(35-31-44)80-62-23-8-2-17-50(62)56-38-59-53-20-5-11-26-68(53)83-71(59)41-65(56)80)78-75(77-73)45-14-13-15-48(36-45)81-63-24-9-3-18-51(63)57-39-60-54-21-6-12-27-69(54)84-72(60)42-66(57)81/h1-42H. The van der Waals surface area contributed by atoms with Gasteiger partial charge in [-0.2, -0.15) is 0 Å². The predicted molar refractivity (Wildman–Crippen MR) is 358 cm³/mol. The van der Waals surface area contributed by atoms with Crippen LogP contribution in [-0.2, 0) is 0 Å². The molecule has 0 unspecified atom stereocenters. The quantitative estimate of drug-likeness (QED) is 0.167. The molecule has 0 radical (unpaired) electrons. The van der Waals surface area contributed by atoms with Gasteiger partial charge < -0.3 is 13.7 Å². The highest BCUT2D eigenvalue weighted by Gasteiger charge is 2.21. The maximum atomic E-state index is 5.39. The lowest BCUT2D eigenvalue weighted by atomic mass is 10.1. The molecule has 0 spiro atoms. The van der Waals surface area contributed by atoms with Crippen LogP contribution in [0.15, 0.2) is 255 Å². The summed E-state index contributed by atoms with van der Waals surface area (Å²) < 4.78 is 14.9. The lowest BCUT2D eigenvalue weighted by Gasteiger charge is -2.13. The SMILES string of the molecule is c1cc(-c2nc(-c3ccc(-n4c5ccccc5c5cc6c(cc54)sc4ccccc46)cc3)nc(-c3ccc(-n4c5ccccc5c5cc6c(cc54)sc4ccccc46)cc3)n2)cc(-n2c3ccccc3c3cc4c(cc32)sc2ccccc24)c1. The van der Waals surface area contributed by atoms with E-state index < -0.39 is 0 Å². The van der Waals surface area contributed by atoms with Gasteiger partial charge in [-0.05, 0) is 133 Å². The number of fused-ring (bicyclic) bond motifs is 18. The van der Waals surface area contributed by atoms with Crippen molar-refractivity contribution in [1.82, 2.24) is 28.7 Å². The zero-order valence-electron chi connectivity index (χ0n) is 44.7. The molecular weight excluding hydrogens is 1080 g/mol. The number of rotatable bonds is 6. The van der Waals surface area contributed by atoms with Gasteiger partial charge in [0.15, 0.2) is 17.5 Å². The molecule has 0 fully saturated rings. The van der Waals surface area contributed by atoms with Gasteiger partial charge in [-0.3, -0.25) is 0 Å². The van der Waals surface area contributed by atoms with E-state index in [1.807, 2.05) is 34.0 Å². The molecule has 390 valence electrons. The Labute approximate surface area is 491 Å². The van der Waals surface area contributed by atoms with E-state index in [-0.39, 0.29) is 0 Å². The summed E-state index contributed by atoms with van der Waals surface area (Å²) >= 11 is 5.56. The normalized spacial score (nSPS) is 12.3. The molecule has 7 heterocycles. The van der Waals surface area contributed by atoms with Crippen molar-refractivity contribution >= 4 is 160 Å². The molecule has 6 nitrogen and oxygen atoms in total. The van der Waals surface area contributed by atoms with Crippen molar-refractivity contribution in [3.05, 3.63) is 255 Å². The summed E-state index contributed by atoms with van der Waals surface area (Å²) in [5.74, 6) is 1.80. The lowest BCUT2D eigenvalue weighted by molar-refractivity contribution is 1.07. The molecule has 0 N–H and O–H groups in total. The number of nitrogens with zero attached hydrogens (tertiary/aromatic N) is 6. The zero-order chi connectivity index (χ0) is 54.7. The van der Waals surface area contributed by atoms with E-state index in [1.54, 1.807) is 0 Å². The highest BCUT2D eigenvalue weighted by atomic mass is 32.1. The van der Waals surface area contributed by atoms with Gasteiger partial charge in [0, 0.05) is 127 Å². The molecule has 19 aromatic rings. The summed E-state index contributed by atoms with van der Waals surface area (Å²) in [5, 5.41) is 15.2. The molecule has 9 heteroatoms. The van der Waals surface area contributed by atoms with E-state index in [2.05, 4.69) is 268 Å². The van der Waals surface area contributed by atoms with Crippen LogP contribution in [-0.4, -0.2) is 28.7 Å². The summed E-state index contributed by atoms with van der Waals surface area (Å²) in [6.07, 6.45) is 0. The minimum Gasteiger partial charge on any atom is -0.309 e. The fraction of sp³-hybridized carbons (Fsp3) is 0.